The van der Waals surface area contributed by atoms with Gasteiger partial charge in [0, 0.05) is 43.5 Å². The molecule has 1 saturated carbocycles. The summed E-state index contributed by atoms with van der Waals surface area (Å²) >= 11 is 0. The zero-order chi connectivity index (χ0) is 25.2. The van der Waals surface area contributed by atoms with E-state index in [1.807, 2.05) is 0 Å². The highest BCUT2D eigenvalue weighted by molar-refractivity contribution is 5.93. The van der Waals surface area contributed by atoms with E-state index in [1.165, 1.54) is 30.5 Å². The van der Waals surface area contributed by atoms with Gasteiger partial charge in [0.05, 0.1) is 0 Å². The van der Waals surface area contributed by atoms with Crippen LogP contribution < -0.4 is 10.1 Å². The number of nitrogens with zero attached hydrogens (tertiary/aromatic N) is 1. The largest absolute Gasteiger partial charge is 0.454 e. The summed E-state index contributed by atoms with van der Waals surface area (Å²) in [5, 5.41) is 2.68. The van der Waals surface area contributed by atoms with Crippen LogP contribution in [0.3, 0.4) is 0 Å². The highest BCUT2D eigenvalue weighted by Gasteiger charge is 2.30. The highest BCUT2D eigenvalue weighted by atomic mass is 19.3. The fourth-order valence-electron chi connectivity index (χ4n) is 3.50. The minimum absolute atomic E-state index is 0.00428. The topological polar surface area (TPSA) is 68.3 Å². The number of carbonyl (C=O) groups excluding carboxylic acids is 2. The summed E-state index contributed by atoms with van der Waals surface area (Å²) in [5.41, 5.74) is -0.0437. The molecule has 35 heavy (non-hydrogen) atoms. The summed E-state index contributed by atoms with van der Waals surface area (Å²) in [6.07, 6.45) is 2.68. The van der Waals surface area contributed by atoms with Crippen molar-refractivity contribution in [3.8, 4) is 11.5 Å². The molecule has 3 aromatic rings. The molecule has 1 fully saturated rings. The standard InChI is InChI=1S/C26H22F4N2O3/c1-26(29,30)18-8-16(9-19(27)13-18)11-20(33)10-15-2-5-23(22(28)12-15)35-21-6-7-31-24(14-21)32-25(34)17-3-4-17/h2,5-9,12-14,17H,3-4,10-11H2,1H3,(H,31,32,34). The summed E-state index contributed by atoms with van der Waals surface area (Å²) in [7, 11) is 0. The van der Waals surface area contributed by atoms with Gasteiger partial charge in [0.15, 0.2) is 11.6 Å². The first-order valence-electron chi connectivity index (χ1n) is 11.0. The van der Waals surface area contributed by atoms with Crippen LogP contribution >= 0.6 is 0 Å². The van der Waals surface area contributed by atoms with Gasteiger partial charge in [-0.2, -0.15) is 0 Å². The SMILES string of the molecule is CC(F)(F)c1cc(F)cc(CC(=O)Cc2ccc(Oc3ccnc(NC(=O)C4CC4)c3)c(F)c2)c1. The van der Waals surface area contributed by atoms with Crippen molar-refractivity contribution < 1.29 is 31.9 Å². The fraction of sp³-hybridized carbons (Fsp3) is 0.269. The molecular formula is C26H22F4N2O3. The molecule has 5 nitrogen and oxygen atoms in total. The fourth-order valence-corrected chi connectivity index (χ4v) is 3.50. The van der Waals surface area contributed by atoms with Gasteiger partial charge in [-0.05, 0) is 60.4 Å². The van der Waals surface area contributed by atoms with E-state index >= 15 is 0 Å². The normalized spacial score (nSPS) is 13.4. The number of hydrogen-bond acceptors (Lipinski definition) is 4. The van der Waals surface area contributed by atoms with Gasteiger partial charge in [-0.3, -0.25) is 9.59 Å². The minimum atomic E-state index is -3.24. The van der Waals surface area contributed by atoms with Crippen LogP contribution in [0.15, 0.2) is 54.7 Å². The number of Topliss-reactive ketones (excluding diaryl/α,β-unsaturated/α-hetero) is 1. The number of alkyl halides is 2. The third-order valence-electron chi connectivity index (χ3n) is 5.42. The Morgan fingerprint density at radius 2 is 1.77 bits per heavy atom. The minimum Gasteiger partial charge on any atom is -0.454 e. The lowest BCUT2D eigenvalue weighted by molar-refractivity contribution is -0.118. The first kappa shape index (κ1) is 24.4. The lowest BCUT2D eigenvalue weighted by atomic mass is 9.99. The molecule has 1 aliphatic rings. The summed E-state index contributed by atoms with van der Waals surface area (Å²) in [6.45, 7) is 0.650. The van der Waals surface area contributed by atoms with Crippen LogP contribution in [-0.4, -0.2) is 16.7 Å². The molecule has 1 heterocycles. The number of nitrogens with one attached hydrogen (secondary N) is 1. The highest BCUT2D eigenvalue weighted by Crippen LogP contribution is 2.31. The molecule has 0 radical (unpaired) electrons. The molecule has 182 valence electrons. The first-order chi connectivity index (χ1) is 16.6. The zero-order valence-corrected chi connectivity index (χ0v) is 18.8. The van der Waals surface area contributed by atoms with Crippen LogP contribution in [0.25, 0.3) is 0 Å². The third kappa shape index (κ3) is 6.65. The number of anilines is 1. The molecule has 9 heteroatoms. The number of hydrogen-bond donors (Lipinski definition) is 1. The molecule has 2 aromatic carbocycles. The molecule has 0 aliphatic heterocycles. The predicted molar refractivity (Wildman–Crippen MR) is 120 cm³/mol. The Morgan fingerprint density at radius 1 is 1.03 bits per heavy atom. The van der Waals surface area contributed by atoms with Crippen molar-refractivity contribution >= 4 is 17.5 Å². The predicted octanol–water partition coefficient (Wildman–Crippen LogP) is 5.97. The number of amides is 1. The van der Waals surface area contributed by atoms with Gasteiger partial charge in [-0.25, -0.2) is 22.5 Å². The van der Waals surface area contributed by atoms with Gasteiger partial charge in [0.2, 0.25) is 5.91 Å². The molecule has 4 rings (SSSR count). The number of halogens is 4. The van der Waals surface area contributed by atoms with Gasteiger partial charge in [0.1, 0.15) is 23.2 Å². The van der Waals surface area contributed by atoms with Gasteiger partial charge in [-0.1, -0.05) is 6.07 Å². The zero-order valence-electron chi connectivity index (χ0n) is 18.8. The van der Waals surface area contributed by atoms with Crippen molar-refractivity contribution in [1.29, 1.82) is 0 Å². The van der Waals surface area contributed by atoms with E-state index in [0.717, 1.165) is 37.1 Å². The van der Waals surface area contributed by atoms with Crippen molar-refractivity contribution in [2.45, 2.75) is 38.5 Å². The molecule has 1 N–H and O–H groups in total. The Morgan fingerprint density at radius 3 is 2.46 bits per heavy atom. The van der Waals surface area contributed by atoms with Gasteiger partial charge in [0.25, 0.3) is 5.92 Å². The van der Waals surface area contributed by atoms with E-state index in [-0.39, 0.29) is 47.5 Å². The number of pyridine rings is 1. The van der Waals surface area contributed by atoms with Crippen LogP contribution in [0.1, 0.15) is 36.5 Å². The Labute approximate surface area is 199 Å². The van der Waals surface area contributed by atoms with E-state index in [4.69, 9.17) is 4.74 Å². The second kappa shape index (κ2) is 9.85. The average molecular weight is 486 g/mol. The van der Waals surface area contributed by atoms with Crippen LogP contribution in [0.2, 0.25) is 0 Å². The van der Waals surface area contributed by atoms with Gasteiger partial charge < -0.3 is 10.1 Å². The number of rotatable bonds is 9. The number of carbonyl (C=O) groups is 2. The van der Waals surface area contributed by atoms with E-state index in [9.17, 15) is 27.2 Å². The molecule has 0 spiro atoms. The molecule has 1 aliphatic carbocycles. The lowest BCUT2D eigenvalue weighted by Gasteiger charge is -2.12. The quantitative estimate of drug-likeness (QED) is 0.379. The lowest BCUT2D eigenvalue weighted by Crippen LogP contribution is -2.14. The molecule has 1 aromatic heterocycles. The van der Waals surface area contributed by atoms with Gasteiger partial charge in [-0.15, -0.1) is 0 Å². The summed E-state index contributed by atoms with van der Waals surface area (Å²) in [6, 6.07) is 9.84. The van der Waals surface area contributed by atoms with Crippen molar-refractivity contribution in [2.75, 3.05) is 5.32 Å². The van der Waals surface area contributed by atoms with Gasteiger partial charge >= 0.3 is 0 Å². The third-order valence-corrected chi connectivity index (χ3v) is 5.42. The van der Waals surface area contributed by atoms with Crippen molar-refractivity contribution in [1.82, 2.24) is 4.98 Å². The monoisotopic (exact) mass is 486 g/mol. The second-order valence-corrected chi connectivity index (χ2v) is 8.64. The summed E-state index contributed by atoms with van der Waals surface area (Å²) in [4.78, 5) is 28.4. The Hall–Kier alpha value is -3.75. The maximum Gasteiger partial charge on any atom is 0.270 e. The van der Waals surface area contributed by atoms with E-state index < -0.39 is 23.1 Å². The summed E-state index contributed by atoms with van der Waals surface area (Å²) in [5.74, 6) is -4.84. The average Bonchev–Trinajstić information content (AvgIpc) is 3.60. The van der Waals surface area contributed by atoms with Crippen molar-refractivity contribution in [2.24, 2.45) is 5.92 Å². The number of aromatic nitrogens is 1. The van der Waals surface area contributed by atoms with Crippen LogP contribution in [-0.2, 0) is 28.4 Å². The van der Waals surface area contributed by atoms with Crippen LogP contribution in [0, 0.1) is 17.6 Å². The maximum absolute atomic E-state index is 14.6. The van der Waals surface area contributed by atoms with Crippen LogP contribution in [0.4, 0.5) is 23.4 Å². The number of benzene rings is 2. The Balaban J connectivity index is 1.39. The Kier molecular flexibility index (Phi) is 6.86. The Bertz CT molecular complexity index is 1270. The molecule has 0 atom stereocenters. The van der Waals surface area contributed by atoms with Crippen molar-refractivity contribution in [3.05, 3.63) is 83.1 Å². The van der Waals surface area contributed by atoms with Crippen LogP contribution in [0.5, 0.6) is 11.5 Å². The smallest absolute Gasteiger partial charge is 0.270 e. The van der Waals surface area contributed by atoms with Crippen molar-refractivity contribution in [3.63, 3.8) is 0 Å². The first-order valence-corrected chi connectivity index (χ1v) is 11.0. The molecule has 0 bridgehead atoms. The maximum atomic E-state index is 14.6. The molecule has 0 saturated heterocycles. The summed E-state index contributed by atoms with van der Waals surface area (Å²) < 4.78 is 60.9. The number of ketones is 1. The van der Waals surface area contributed by atoms with E-state index in [1.54, 1.807) is 0 Å². The molecule has 1 amide bonds. The molecule has 0 unspecified atom stereocenters. The van der Waals surface area contributed by atoms with E-state index in [2.05, 4.69) is 10.3 Å². The van der Waals surface area contributed by atoms with E-state index in [0.29, 0.717) is 18.3 Å². The molecular weight excluding hydrogens is 464 g/mol. The number of ether oxygens (including phenoxy) is 1. The second-order valence-electron chi connectivity index (χ2n) is 8.64.